The topological polar surface area (TPSA) is 37.5 Å². The second-order valence-corrected chi connectivity index (χ2v) is 6.96. The second-order valence-electron chi connectivity index (χ2n) is 6.96. The number of phenolic OH excluding ortho intramolecular Hbond substituents is 1. The third kappa shape index (κ3) is 3.33. The van der Waals surface area contributed by atoms with Gasteiger partial charge in [-0.25, -0.2) is 0 Å². The second kappa shape index (κ2) is 7.28. The number of aliphatic imine (C=N–C) groups is 1. The number of fused-ring (bicyclic) bond motifs is 3. The van der Waals surface area contributed by atoms with E-state index in [0.29, 0.717) is 6.54 Å². The fraction of sp³-hybridized carbons (Fsp3) is 0.208. The number of aromatic hydroxyl groups is 1. The van der Waals surface area contributed by atoms with Gasteiger partial charge in [-0.05, 0) is 61.7 Å². The summed E-state index contributed by atoms with van der Waals surface area (Å²) in [6, 6.07) is 21.0. The summed E-state index contributed by atoms with van der Waals surface area (Å²) in [6.45, 7) is 5.82. The van der Waals surface area contributed by atoms with Crippen LogP contribution in [0.25, 0.3) is 21.8 Å². The summed E-state index contributed by atoms with van der Waals surface area (Å²) in [7, 11) is 0. The third-order valence-corrected chi connectivity index (χ3v) is 5.10. The zero-order valence-corrected chi connectivity index (χ0v) is 15.8. The maximum absolute atomic E-state index is 9.96. The molecule has 27 heavy (non-hydrogen) atoms. The van der Waals surface area contributed by atoms with Crippen molar-refractivity contribution in [1.82, 2.24) is 4.57 Å². The number of para-hydroxylation sites is 1. The average molecular weight is 356 g/mol. The molecule has 0 unspecified atom stereocenters. The maximum Gasteiger partial charge on any atom is 0.124 e. The number of phenols is 1. The van der Waals surface area contributed by atoms with Gasteiger partial charge in [0, 0.05) is 46.7 Å². The highest BCUT2D eigenvalue weighted by molar-refractivity contribution is 6.08. The Morgan fingerprint density at radius 2 is 1.78 bits per heavy atom. The molecule has 0 aliphatic heterocycles. The molecule has 0 radical (unpaired) electrons. The van der Waals surface area contributed by atoms with Crippen molar-refractivity contribution in [1.29, 1.82) is 0 Å². The van der Waals surface area contributed by atoms with Gasteiger partial charge in [-0.15, -0.1) is 0 Å². The molecule has 0 saturated heterocycles. The molecule has 3 heteroatoms. The van der Waals surface area contributed by atoms with E-state index in [-0.39, 0.29) is 5.75 Å². The highest BCUT2D eigenvalue weighted by Crippen LogP contribution is 2.29. The largest absolute Gasteiger partial charge is 0.507 e. The van der Waals surface area contributed by atoms with Crippen molar-refractivity contribution in [2.45, 2.75) is 26.8 Å². The molecule has 3 nitrogen and oxygen atoms in total. The molecule has 0 aliphatic carbocycles. The maximum atomic E-state index is 9.96. The quantitative estimate of drug-likeness (QED) is 0.472. The molecule has 0 aliphatic rings. The van der Waals surface area contributed by atoms with Crippen LogP contribution < -0.4 is 0 Å². The zero-order valence-electron chi connectivity index (χ0n) is 15.8. The zero-order chi connectivity index (χ0) is 18.8. The van der Waals surface area contributed by atoms with Crippen molar-refractivity contribution >= 4 is 28.0 Å². The summed E-state index contributed by atoms with van der Waals surface area (Å²) in [6.07, 6.45) is 2.64. The van der Waals surface area contributed by atoms with Crippen LogP contribution >= 0.6 is 0 Å². The molecule has 3 aromatic carbocycles. The molecular weight excluding hydrogens is 332 g/mol. The van der Waals surface area contributed by atoms with Crippen molar-refractivity contribution in [3.8, 4) is 5.75 Å². The van der Waals surface area contributed by atoms with Crippen LogP contribution in [0.2, 0.25) is 0 Å². The van der Waals surface area contributed by atoms with Crippen LogP contribution in [0.3, 0.4) is 0 Å². The van der Waals surface area contributed by atoms with E-state index in [4.69, 9.17) is 0 Å². The summed E-state index contributed by atoms with van der Waals surface area (Å²) >= 11 is 0. The van der Waals surface area contributed by atoms with E-state index in [1.54, 1.807) is 12.3 Å². The molecule has 0 bridgehead atoms. The van der Waals surface area contributed by atoms with Crippen LogP contribution in [-0.2, 0) is 13.0 Å². The fourth-order valence-electron chi connectivity index (χ4n) is 3.72. The highest BCUT2D eigenvalue weighted by atomic mass is 16.3. The lowest BCUT2D eigenvalue weighted by Crippen LogP contribution is -1.94. The predicted octanol–water partition coefficient (Wildman–Crippen LogP) is 5.49. The molecule has 4 aromatic rings. The number of rotatable bonds is 5. The summed E-state index contributed by atoms with van der Waals surface area (Å²) in [4.78, 5) is 4.50. The first-order valence-corrected chi connectivity index (χ1v) is 9.46. The smallest absolute Gasteiger partial charge is 0.124 e. The summed E-state index contributed by atoms with van der Waals surface area (Å²) in [5.41, 5.74) is 5.67. The standard InChI is InChI=1S/C24H24N2O/c1-3-26-22-7-5-4-6-20(22)21-15-18(9-11-23(21)26)12-13-25-16-19-10-8-17(2)14-24(19)27/h4-11,14-16,27H,3,12-13H2,1-2H3. The SMILES string of the molecule is CCn1c2ccccc2c2cc(CCN=Cc3ccc(C)cc3O)ccc21. The number of aryl methyl sites for hydroxylation is 2. The first-order chi connectivity index (χ1) is 13.2. The molecule has 136 valence electrons. The van der Waals surface area contributed by atoms with Crippen molar-refractivity contribution < 1.29 is 5.11 Å². The molecular formula is C24H24N2O. The van der Waals surface area contributed by atoms with Crippen LogP contribution in [0.4, 0.5) is 0 Å². The van der Waals surface area contributed by atoms with Gasteiger partial charge in [-0.2, -0.15) is 0 Å². The Hall–Kier alpha value is -3.07. The lowest BCUT2D eigenvalue weighted by molar-refractivity contribution is 0.474. The van der Waals surface area contributed by atoms with Gasteiger partial charge < -0.3 is 9.67 Å². The minimum Gasteiger partial charge on any atom is -0.507 e. The summed E-state index contributed by atoms with van der Waals surface area (Å²) in [5, 5.41) is 12.6. The molecule has 1 N–H and O–H groups in total. The third-order valence-electron chi connectivity index (χ3n) is 5.10. The van der Waals surface area contributed by atoms with Gasteiger partial charge in [-0.1, -0.05) is 30.3 Å². The predicted molar refractivity (Wildman–Crippen MR) is 114 cm³/mol. The molecule has 1 aromatic heterocycles. The highest BCUT2D eigenvalue weighted by Gasteiger charge is 2.09. The Kier molecular flexibility index (Phi) is 4.68. The van der Waals surface area contributed by atoms with Crippen molar-refractivity contribution in [3.63, 3.8) is 0 Å². The van der Waals surface area contributed by atoms with E-state index < -0.39 is 0 Å². The van der Waals surface area contributed by atoms with Crippen molar-refractivity contribution in [3.05, 3.63) is 77.4 Å². The lowest BCUT2D eigenvalue weighted by atomic mass is 10.1. The Morgan fingerprint density at radius 3 is 2.59 bits per heavy atom. The van der Waals surface area contributed by atoms with Gasteiger partial charge in [0.2, 0.25) is 0 Å². The van der Waals surface area contributed by atoms with Gasteiger partial charge in [0.1, 0.15) is 5.75 Å². The van der Waals surface area contributed by atoms with Crippen LogP contribution in [0.5, 0.6) is 5.75 Å². The van der Waals surface area contributed by atoms with E-state index in [1.807, 2.05) is 19.1 Å². The van der Waals surface area contributed by atoms with Gasteiger partial charge in [0.25, 0.3) is 0 Å². The molecule has 0 atom stereocenters. The van der Waals surface area contributed by atoms with Gasteiger partial charge in [-0.3, -0.25) is 4.99 Å². The lowest BCUT2D eigenvalue weighted by Gasteiger charge is -2.04. The van der Waals surface area contributed by atoms with E-state index in [0.717, 1.165) is 24.1 Å². The van der Waals surface area contributed by atoms with Crippen LogP contribution in [0.15, 0.2) is 65.7 Å². The molecule has 4 rings (SSSR count). The van der Waals surface area contributed by atoms with Crippen LogP contribution in [0, 0.1) is 6.92 Å². The molecule has 0 spiro atoms. The van der Waals surface area contributed by atoms with Crippen LogP contribution in [-0.4, -0.2) is 22.4 Å². The van der Waals surface area contributed by atoms with E-state index in [9.17, 15) is 5.11 Å². The minimum atomic E-state index is 0.285. The van der Waals surface area contributed by atoms with Crippen LogP contribution in [0.1, 0.15) is 23.6 Å². The molecule has 1 heterocycles. The first kappa shape index (κ1) is 17.3. The number of hydrogen-bond donors (Lipinski definition) is 1. The molecule has 0 fully saturated rings. The van der Waals surface area contributed by atoms with E-state index in [1.165, 1.54) is 27.4 Å². The van der Waals surface area contributed by atoms with Gasteiger partial charge in [0.15, 0.2) is 0 Å². The van der Waals surface area contributed by atoms with Crippen molar-refractivity contribution in [2.24, 2.45) is 4.99 Å². The fourth-order valence-corrected chi connectivity index (χ4v) is 3.72. The van der Waals surface area contributed by atoms with Crippen molar-refractivity contribution in [2.75, 3.05) is 6.54 Å². The van der Waals surface area contributed by atoms with Gasteiger partial charge in [0.05, 0.1) is 0 Å². The number of aromatic nitrogens is 1. The van der Waals surface area contributed by atoms with Gasteiger partial charge >= 0.3 is 0 Å². The Balaban J connectivity index is 1.56. The molecule has 0 amide bonds. The monoisotopic (exact) mass is 356 g/mol. The Labute approximate surface area is 159 Å². The summed E-state index contributed by atoms with van der Waals surface area (Å²) in [5.74, 6) is 0.285. The number of nitrogens with zero attached hydrogens (tertiary/aromatic N) is 2. The Bertz CT molecular complexity index is 1140. The first-order valence-electron chi connectivity index (χ1n) is 9.46. The minimum absolute atomic E-state index is 0.285. The normalized spacial score (nSPS) is 11.8. The van der Waals surface area contributed by atoms with E-state index in [2.05, 4.69) is 58.9 Å². The number of benzene rings is 3. The Morgan fingerprint density at radius 1 is 0.963 bits per heavy atom. The molecule has 0 saturated carbocycles. The average Bonchev–Trinajstić information content (AvgIpc) is 2.99. The number of hydrogen-bond acceptors (Lipinski definition) is 2. The van der Waals surface area contributed by atoms with E-state index >= 15 is 0 Å². The summed E-state index contributed by atoms with van der Waals surface area (Å²) < 4.78 is 2.37.